The number of hydrogen-bond donors (Lipinski definition) is 0. The third-order valence-electron chi connectivity index (χ3n) is 6.84. The molecule has 1 aromatic heterocycles. The average molecular weight is 494 g/mol. The number of unbranched alkanes of at least 4 members (excludes halogenated alkanes) is 1. The highest BCUT2D eigenvalue weighted by Gasteiger charge is 2.37. The van der Waals surface area contributed by atoms with Crippen LogP contribution in [0.15, 0.2) is 97.2 Å². The number of methoxy groups -OCH3 is 1. The quantitative estimate of drug-likeness (QED) is 0.309. The second-order valence-corrected chi connectivity index (χ2v) is 9.15. The summed E-state index contributed by atoms with van der Waals surface area (Å²) in [6.07, 6.45) is 3.75. The largest absolute Gasteiger partial charge is 0.496 e. The highest BCUT2D eigenvalue weighted by atomic mass is 16.5. The van der Waals surface area contributed by atoms with Gasteiger partial charge in [0.25, 0.3) is 5.91 Å². The molecule has 37 heavy (non-hydrogen) atoms. The molecule has 0 bridgehead atoms. The Morgan fingerprint density at radius 1 is 0.865 bits per heavy atom. The number of carbonyl (C=O) groups excluding carboxylic acids is 2. The van der Waals surface area contributed by atoms with Gasteiger partial charge in [-0.05, 0) is 48.4 Å². The van der Waals surface area contributed by atoms with Crippen LogP contribution in [0, 0.1) is 0 Å². The molecule has 6 heteroatoms. The molecule has 6 nitrogen and oxygen atoms in total. The van der Waals surface area contributed by atoms with Crippen LogP contribution in [-0.2, 0) is 4.79 Å². The lowest BCUT2D eigenvalue weighted by Gasteiger charge is -2.39. The van der Waals surface area contributed by atoms with Crippen molar-refractivity contribution in [3.05, 3.63) is 114 Å². The summed E-state index contributed by atoms with van der Waals surface area (Å²) in [5.41, 5.74) is 4.25. The van der Waals surface area contributed by atoms with Crippen LogP contribution < -0.4 is 9.64 Å². The Morgan fingerprint density at radius 3 is 2.32 bits per heavy atom. The maximum atomic E-state index is 14.2. The van der Waals surface area contributed by atoms with E-state index in [9.17, 15) is 9.59 Å². The van der Waals surface area contributed by atoms with E-state index in [-0.39, 0.29) is 24.4 Å². The minimum Gasteiger partial charge on any atom is -0.496 e. The average Bonchev–Trinajstić information content (AvgIpc) is 3.44. The van der Waals surface area contributed by atoms with E-state index < -0.39 is 0 Å². The van der Waals surface area contributed by atoms with Gasteiger partial charge in [0, 0.05) is 12.7 Å². The summed E-state index contributed by atoms with van der Waals surface area (Å²) in [5.74, 6) is 0.169. The minimum absolute atomic E-state index is 0.0325. The summed E-state index contributed by atoms with van der Waals surface area (Å²) < 4.78 is 7.59. The van der Waals surface area contributed by atoms with Crippen molar-refractivity contribution in [3.8, 4) is 11.4 Å². The van der Waals surface area contributed by atoms with Crippen molar-refractivity contribution < 1.29 is 14.3 Å². The van der Waals surface area contributed by atoms with Crippen molar-refractivity contribution in [1.82, 2.24) is 9.47 Å². The molecule has 3 aromatic carbocycles. The molecule has 1 unspecified atom stereocenters. The number of rotatable bonds is 8. The summed E-state index contributed by atoms with van der Waals surface area (Å²) in [6.45, 7) is 2.53. The molecule has 0 N–H and O–H groups in total. The van der Waals surface area contributed by atoms with Crippen LogP contribution in [0.1, 0.15) is 47.4 Å². The zero-order valence-electron chi connectivity index (χ0n) is 21.2. The van der Waals surface area contributed by atoms with E-state index in [4.69, 9.17) is 4.74 Å². The zero-order chi connectivity index (χ0) is 25.8. The number of benzene rings is 3. The van der Waals surface area contributed by atoms with Crippen LogP contribution in [0.25, 0.3) is 5.69 Å². The van der Waals surface area contributed by atoms with Gasteiger partial charge in [0.05, 0.1) is 29.7 Å². The SMILES string of the molecule is CCCCN(CC(=O)N1c2ccccc2-n2cccc2C1c1ccccc1)C(=O)c1ccccc1OC. The Kier molecular flexibility index (Phi) is 7.08. The third kappa shape index (κ3) is 4.62. The predicted molar refractivity (Wildman–Crippen MR) is 145 cm³/mol. The summed E-state index contributed by atoms with van der Waals surface area (Å²) in [6, 6.07) is 28.9. The van der Waals surface area contributed by atoms with Gasteiger partial charge in [-0.2, -0.15) is 0 Å². The van der Waals surface area contributed by atoms with Gasteiger partial charge in [-0.15, -0.1) is 0 Å². The Labute approximate surface area is 217 Å². The number of anilines is 1. The van der Waals surface area contributed by atoms with Crippen molar-refractivity contribution in [2.24, 2.45) is 0 Å². The topological polar surface area (TPSA) is 54.8 Å². The monoisotopic (exact) mass is 493 g/mol. The predicted octanol–water partition coefficient (Wildman–Crippen LogP) is 5.86. The van der Waals surface area contributed by atoms with Crippen LogP contribution in [0.4, 0.5) is 5.69 Å². The first-order chi connectivity index (χ1) is 18.1. The van der Waals surface area contributed by atoms with Gasteiger partial charge in [0.15, 0.2) is 0 Å². The van der Waals surface area contributed by atoms with Crippen LogP contribution in [0.5, 0.6) is 5.75 Å². The standard InChI is InChI=1S/C31H31N3O3/c1-3-4-20-32(31(36)24-15-8-11-19-28(24)37-2)22-29(35)34-26-17-10-9-16-25(26)33-21-12-18-27(33)30(34)23-13-6-5-7-14-23/h5-19,21,30H,3-4,20,22H2,1-2H3. The number of fused-ring (bicyclic) bond motifs is 3. The summed E-state index contributed by atoms with van der Waals surface area (Å²) >= 11 is 0. The van der Waals surface area contributed by atoms with Crippen molar-refractivity contribution >= 4 is 17.5 Å². The second-order valence-electron chi connectivity index (χ2n) is 9.15. The van der Waals surface area contributed by atoms with Crippen molar-refractivity contribution in [3.63, 3.8) is 0 Å². The fourth-order valence-electron chi connectivity index (χ4n) is 5.05. The van der Waals surface area contributed by atoms with E-state index >= 15 is 0 Å². The van der Waals surface area contributed by atoms with Crippen LogP contribution in [0.2, 0.25) is 0 Å². The summed E-state index contributed by atoms with van der Waals surface area (Å²) in [5, 5.41) is 0. The first-order valence-corrected chi connectivity index (χ1v) is 12.7. The molecule has 188 valence electrons. The Hall–Kier alpha value is -4.32. The van der Waals surface area contributed by atoms with Gasteiger partial charge in [0.1, 0.15) is 18.3 Å². The van der Waals surface area contributed by atoms with Crippen molar-refractivity contribution in [2.75, 3.05) is 25.1 Å². The van der Waals surface area contributed by atoms with E-state index in [2.05, 4.69) is 17.6 Å². The molecule has 1 aliphatic heterocycles. The van der Waals surface area contributed by atoms with Gasteiger partial charge in [0.2, 0.25) is 5.91 Å². The van der Waals surface area contributed by atoms with Crippen molar-refractivity contribution in [2.45, 2.75) is 25.8 Å². The molecular weight excluding hydrogens is 462 g/mol. The highest BCUT2D eigenvalue weighted by Crippen LogP contribution is 2.42. The number of hydrogen-bond acceptors (Lipinski definition) is 3. The number of amides is 2. The fraction of sp³-hybridized carbons (Fsp3) is 0.226. The smallest absolute Gasteiger partial charge is 0.258 e. The van der Waals surface area contributed by atoms with E-state index in [1.54, 1.807) is 24.1 Å². The number of para-hydroxylation sites is 3. The fourth-order valence-corrected chi connectivity index (χ4v) is 5.05. The first-order valence-electron chi connectivity index (χ1n) is 12.7. The lowest BCUT2D eigenvalue weighted by molar-refractivity contribution is -0.119. The maximum Gasteiger partial charge on any atom is 0.258 e. The normalized spacial score (nSPS) is 14.0. The van der Waals surface area contributed by atoms with Gasteiger partial charge in [-0.1, -0.05) is 67.9 Å². The van der Waals surface area contributed by atoms with E-state index in [0.717, 1.165) is 35.5 Å². The number of ether oxygens (including phenoxy) is 1. The first kappa shape index (κ1) is 24.4. The molecule has 0 radical (unpaired) electrons. The third-order valence-corrected chi connectivity index (χ3v) is 6.84. The highest BCUT2D eigenvalue weighted by molar-refractivity contribution is 6.03. The molecule has 1 aliphatic rings. The zero-order valence-corrected chi connectivity index (χ0v) is 21.2. The van der Waals surface area contributed by atoms with E-state index in [1.807, 2.05) is 83.9 Å². The molecule has 2 amide bonds. The molecule has 0 aliphatic carbocycles. The minimum atomic E-state index is -0.312. The van der Waals surface area contributed by atoms with Gasteiger partial charge >= 0.3 is 0 Å². The van der Waals surface area contributed by atoms with Crippen molar-refractivity contribution in [1.29, 1.82) is 0 Å². The molecule has 2 heterocycles. The van der Waals surface area contributed by atoms with E-state index in [1.165, 1.54) is 0 Å². The molecule has 5 rings (SSSR count). The van der Waals surface area contributed by atoms with Crippen LogP contribution in [0.3, 0.4) is 0 Å². The molecular formula is C31H31N3O3. The summed E-state index contributed by atoms with van der Waals surface area (Å²) in [4.78, 5) is 31.4. The van der Waals surface area contributed by atoms with Crippen LogP contribution in [-0.4, -0.2) is 41.5 Å². The molecule has 0 spiro atoms. The molecule has 0 fully saturated rings. The van der Waals surface area contributed by atoms with Gasteiger partial charge in [-0.3, -0.25) is 14.5 Å². The van der Waals surface area contributed by atoms with Gasteiger partial charge in [-0.25, -0.2) is 0 Å². The number of nitrogens with zero attached hydrogens (tertiary/aromatic N) is 3. The second kappa shape index (κ2) is 10.7. The Bertz CT molecular complexity index is 1400. The molecule has 4 aromatic rings. The number of carbonyl (C=O) groups is 2. The summed E-state index contributed by atoms with van der Waals surface area (Å²) in [7, 11) is 1.55. The Morgan fingerprint density at radius 2 is 1.57 bits per heavy atom. The molecule has 1 atom stereocenters. The molecule has 0 saturated heterocycles. The van der Waals surface area contributed by atoms with Gasteiger partial charge < -0.3 is 14.2 Å². The maximum absolute atomic E-state index is 14.2. The van der Waals surface area contributed by atoms with Crippen LogP contribution >= 0.6 is 0 Å². The Balaban J connectivity index is 1.55. The lowest BCUT2D eigenvalue weighted by Crippen LogP contribution is -2.47. The van der Waals surface area contributed by atoms with E-state index in [0.29, 0.717) is 17.9 Å². The lowest BCUT2D eigenvalue weighted by atomic mass is 9.97. The number of aromatic nitrogens is 1. The molecule has 0 saturated carbocycles.